The van der Waals surface area contributed by atoms with Gasteiger partial charge in [0.2, 0.25) is 10.0 Å². The molecule has 2 aromatic rings. The van der Waals surface area contributed by atoms with Gasteiger partial charge in [0.25, 0.3) is 0 Å². The van der Waals surface area contributed by atoms with E-state index in [1.165, 1.54) is 18.6 Å². The van der Waals surface area contributed by atoms with Gasteiger partial charge in [-0.1, -0.05) is 0 Å². The summed E-state index contributed by atoms with van der Waals surface area (Å²) in [6.07, 6.45) is 3.87. The van der Waals surface area contributed by atoms with Crippen LogP contribution >= 0.6 is 11.3 Å². The van der Waals surface area contributed by atoms with Crippen molar-refractivity contribution < 1.29 is 17.9 Å². The highest BCUT2D eigenvalue weighted by molar-refractivity contribution is 7.89. The average Bonchev–Trinajstić information content (AvgIpc) is 3.31. The molecule has 0 spiro atoms. The van der Waals surface area contributed by atoms with Gasteiger partial charge in [-0.3, -0.25) is 0 Å². The second kappa shape index (κ2) is 7.46. The van der Waals surface area contributed by atoms with Crippen LogP contribution in [0.3, 0.4) is 0 Å². The molecule has 3 heterocycles. The molecule has 0 radical (unpaired) electrons. The van der Waals surface area contributed by atoms with E-state index < -0.39 is 16.0 Å². The highest BCUT2D eigenvalue weighted by Gasteiger charge is 2.24. The Hall–Kier alpha value is -2.04. The second-order valence-electron chi connectivity index (χ2n) is 5.46. The maximum atomic E-state index is 12.5. The van der Waals surface area contributed by atoms with Crippen molar-refractivity contribution in [3.05, 3.63) is 34.4 Å². The highest BCUT2D eigenvalue weighted by Crippen LogP contribution is 2.23. The van der Waals surface area contributed by atoms with E-state index in [9.17, 15) is 13.2 Å². The topological polar surface area (TPSA) is 101 Å². The normalized spacial score (nSPS) is 14.7. The summed E-state index contributed by atoms with van der Waals surface area (Å²) >= 11 is 1.02. The van der Waals surface area contributed by atoms with Crippen molar-refractivity contribution in [2.75, 3.05) is 25.1 Å². The number of hydrogen-bond acceptors (Lipinski definition) is 8. The summed E-state index contributed by atoms with van der Waals surface area (Å²) in [6.45, 7) is 1.83. The number of esters is 1. The van der Waals surface area contributed by atoms with Crippen molar-refractivity contribution in [2.24, 2.45) is 0 Å². The van der Waals surface area contributed by atoms with Crippen molar-refractivity contribution in [1.82, 2.24) is 14.7 Å². The molecule has 1 saturated heterocycles. The van der Waals surface area contributed by atoms with Crippen LogP contribution in [0.4, 0.5) is 5.82 Å². The zero-order chi connectivity index (χ0) is 17.9. The Bertz CT molecular complexity index is 860. The molecule has 0 unspecified atom stereocenters. The van der Waals surface area contributed by atoms with Crippen molar-refractivity contribution in [2.45, 2.75) is 24.3 Å². The molecule has 1 fully saturated rings. The molecular weight excluding hydrogens is 364 g/mol. The van der Waals surface area contributed by atoms with Crippen LogP contribution in [-0.4, -0.2) is 44.6 Å². The standard InChI is InChI=1S/C15H18N4O4S2/c1-23-15(20)14-11(5-9-24-14)25(21,22)17-10-12-16-6-4-13(18-12)19-7-2-3-8-19/h4-6,9,17H,2-3,7-8,10H2,1H3. The SMILES string of the molecule is COC(=O)c1sccc1S(=O)(=O)NCc1nccc(N2CCCC2)n1. The Morgan fingerprint density at radius 3 is 2.84 bits per heavy atom. The van der Waals surface area contributed by atoms with E-state index in [1.807, 2.05) is 6.07 Å². The number of aromatic nitrogens is 2. The number of hydrogen-bond donors (Lipinski definition) is 1. The van der Waals surface area contributed by atoms with Gasteiger partial charge in [0, 0.05) is 19.3 Å². The zero-order valence-corrected chi connectivity index (χ0v) is 15.3. The molecule has 0 atom stereocenters. The second-order valence-corrected chi connectivity index (χ2v) is 8.11. The maximum Gasteiger partial charge on any atom is 0.349 e. The summed E-state index contributed by atoms with van der Waals surface area (Å²) in [5.74, 6) is 0.498. The van der Waals surface area contributed by atoms with Crippen LogP contribution in [0.1, 0.15) is 28.3 Å². The number of carbonyl (C=O) groups excluding carboxylic acids is 1. The first-order valence-electron chi connectivity index (χ1n) is 7.73. The van der Waals surface area contributed by atoms with E-state index in [0.717, 1.165) is 43.1 Å². The predicted octanol–water partition coefficient (Wildman–Crippen LogP) is 1.40. The first-order chi connectivity index (χ1) is 12.0. The van der Waals surface area contributed by atoms with Crippen molar-refractivity contribution in [3.8, 4) is 0 Å². The Balaban J connectivity index is 1.74. The molecule has 1 aliphatic heterocycles. The molecule has 3 rings (SSSR count). The van der Waals surface area contributed by atoms with Gasteiger partial charge in [0.05, 0.1) is 13.7 Å². The number of sulfonamides is 1. The fourth-order valence-corrected chi connectivity index (χ4v) is 4.90. The lowest BCUT2D eigenvalue weighted by Crippen LogP contribution is -2.26. The molecule has 10 heteroatoms. The van der Waals surface area contributed by atoms with E-state index >= 15 is 0 Å². The molecule has 0 bridgehead atoms. The van der Waals surface area contributed by atoms with E-state index in [-0.39, 0.29) is 16.3 Å². The number of nitrogens with one attached hydrogen (secondary N) is 1. The summed E-state index contributed by atoms with van der Waals surface area (Å²) < 4.78 is 32.0. The summed E-state index contributed by atoms with van der Waals surface area (Å²) in [4.78, 5) is 22.3. The lowest BCUT2D eigenvalue weighted by molar-refractivity contribution is 0.0602. The minimum atomic E-state index is -3.87. The van der Waals surface area contributed by atoms with Gasteiger partial charge >= 0.3 is 5.97 Å². The van der Waals surface area contributed by atoms with Crippen LogP contribution in [-0.2, 0) is 21.3 Å². The molecule has 0 amide bonds. The Morgan fingerprint density at radius 2 is 2.12 bits per heavy atom. The quantitative estimate of drug-likeness (QED) is 0.754. The number of anilines is 1. The van der Waals surface area contributed by atoms with E-state index in [2.05, 4.69) is 24.3 Å². The number of ether oxygens (including phenoxy) is 1. The van der Waals surface area contributed by atoms with Crippen LogP contribution < -0.4 is 9.62 Å². The van der Waals surface area contributed by atoms with E-state index in [1.54, 1.807) is 6.20 Å². The van der Waals surface area contributed by atoms with E-state index in [4.69, 9.17) is 0 Å². The summed E-state index contributed by atoms with van der Waals surface area (Å²) in [5, 5.41) is 1.53. The molecule has 0 saturated carbocycles. The lowest BCUT2D eigenvalue weighted by atomic mass is 10.4. The molecule has 0 aromatic carbocycles. The third kappa shape index (κ3) is 3.97. The van der Waals surface area contributed by atoms with Gasteiger partial charge in [0.15, 0.2) is 0 Å². The number of carbonyl (C=O) groups is 1. The van der Waals surface area contributed by atoms with Crippen molar-refractivity contribution in [1.29, 1.82) is 0 Å². The minimum Gasteiger partial charge on any atom is -0.465 e. The molecule has 1 aliphatic rings. The Kier molecular flexibility index (Phi) is 5.30. The fraction of sp³-hybridized carbons (Fsp3) is 0.400. The monoisotopic (exact) mass is 382 g/mol. The van der Waals surface area contributed by atoms with Gasteiger partial charge in [-0.15, -0.1) is 11.3 Å². The summed E-state index contributed by atoms with van der Waals surface area (Å²) in [5.41, 5.74) is 0. The van der Waals surface area contributed by atoms with Crippen LogP contribution in [0.25, 0.3) is 0 Å². The van der Waals surface area contributed by atoms with E-state index in [0.29, 0.717) is 5.82 Å². The number of rotatable bonds is 6. The maximum absolute atomic E-state index is 12.5. The Morgan fingerprint density at radius 1 is 1.36 bits per heavy atom. The lowest BCUT2D eigenvalue weighted by Gasteiger charge is -2.16. The van der Waals surface area contributed by atoms with Gasteiger partial charge < -0.3 is 9.64 Å². The van der Waals surface area contributed by atoms with Crippen LogP contribution in [0.15, 0.2) is 28.6 Å². The first kappa shape index (κ1) is 17.8. The predicted molar refractivity (Wildman–Crippen MR) is 93.2 cm³/mol. The third-order valence-corrected chi connectivity index (χ3v) is 6.30. The van der Waals surface area contributed by atoms with Crippen LogP contribution in [0.2, 0.25) is 0 Å². The average molecular weight is 382 g/mol. The number of methoxy groups -OCH3 is 1. The molecule has 0 aliphatic carbocycles. The molecule has 2 aromatic heterocycles. The molecule has 134 valence electrons. The number of nitrogens with zero attached hydrogens (tertiary/aromatic N) is 3. The molecular formula is C15H18N4O4S2. The van der Waals surface area contributed by atoms with Crippen LogP contribution in [0, 0.1) is 0 Å². The Labute approximate surface area is 149 Å². The van der Waals surface area contributed by atoms with Crippen molar-refractivity contribution in [3.63, 3.8) is 0 Å². The third-order valence-electron chi connectivity index (χ3n) is 3.83. The zero-order valence-electron chi connectivity index (χ0n) is 13.6. The van der Waals surface area contributed by atoms with Crippen LogP contribution in [0.5, 0.6) is 0 Å². The minimum absolute atomic E-state index is 0.0433. The smallest absolute Gasteiger partial charge is 0.349 e. The summed E-state index contributed by atoms with van der Waals surface area (Å²) in [6, 6.07) is 3.19. The molecule has 25 heavy (non-hydrogen) atoms. The number of thiophene rings is 1. The summed E-state index contributed by atoms with van der Waals surface area (Å²) in [7, 11) is -2.65. The largest absolute Gasteiger partial charge is 0.465 e. The highest BCUT2D eigenvalue weighted by atomic mass is 32.2. The van der Waals surface area contributed by atoms with Gasteiger partial charge in [-0.25, -0.2) is 27.9 Å². The molecule has 1 N–H and O–H groups in total. The van der Waals surface area contributed by atoms with Gasteiger partial charge in [-0.05, 0) is 30.4 Å². The van der Waals surface area contributed by atoms with Gasteiger partial charge in [-0.2, -0.15) is 0 Å². The fourth-order valence-electron chi connectivity index (χ4n) is 2.58. The first-order valence-corrected chi connectivity index (χ1v) is 10.1. The van der Waals surface area contributed by atoms with Gasteiger partial charge in [0.1, 0.15) is 21.4 Å². The van der Waals surface area contributed by atoms with Crippen molar-refractivity contribution >= 4 is 33.1 Å². The molecule has 8 nitrogen and oxygen atoms in total.